The average Bonchev–Trinajstić information content (AvgIpc) is 0. The van der Waals surface area contributed by atoms with Crippen molar-refractivity contribution >= 4 is 57.8 Å². The molecule has 0 saturated carbocycles. The van der Waals surface area contributed by atoms with Gasteiger partial charge in [-0.25, -0.2) is 0 Å². The van der Waals surface area contributed by atoms with Crippen LogP contribution in [0.1, 0.15) is 2.85 Å². The van der Waals surface area contributed by atoms with Crippen LogP contribution in [0.4, 0.5) is 0 Å². The van der Waals surface area contributed by atoms with Gasteiger partial charge in [0.15, 0.2) is 0 Å². The Balaban J connectivity index is 0. The molecule has 0 aliphatic rings. The third-order valence-corrected chi connectivity index (χ3v) is 0. The molecule has 0 amide bonds. The summed E-state index contributed by atoms with van der Waals surface area (Å²) in [6.07, 6.45) is 0. The van der Waals surface area contributed by atoms with Crippen LogP contribution < -0.4 is 0 Å². The molecule has 0 aromatic heterocycles. The van der Waals surface area contributed by atoms with E-state index in [9.17, 15) is 0 Å². The SMILES string of the molecule is [Al].[Al].[H-].[H-].[Mg+2].[Mn]. The molecular formula is H2Al2MgMn. The molecule has 0 saturated heterocycles. The van der Waals surface area contributed by atoms with Gasteiger partial charge in [-0.15, -0.1) is 0 Å². The second-order valence-corrected chi connectivity index (χ2v) is 0. The van der Waals surface area contributed by atoms with Crippen molar-refractivity contribution < 1.29 is 19.9 Å². The maximum absolute atomic E-state index is 0. The fourth-order valence-corrected chi connectivity index (χ4v) is 0. The van der Waals surface area contributed by atoms with Gasteiger partial charge in [-0.05, 0) is 0 Å². The van der Waals surface area contributed by atoms with Crippen molar-refractivity contribution in [3.8, 4) is 0 Å². The van der Waals surface area contributed by atoms with E-state index in [1.165, 1.54) is 0 Å². The molecule has 4 heavy (non-hydrogen) atoms. The molecule has 0 aromatic rings. The third-order valence-electron chi connectivity index (χ3n) is 0. The standard InChI is InChI=1S/2Al.Mg.Mn.2H/q;;+2;;2*-1. The van der Waals surface area contributed by atoms with Gasteiger partial charge < -0.3 is 2.85 Å². The van der Waals surface area contributed by atoms with Crippen LogP contribution in [-0.4, -0.2) is 57.8 Å². The molecular weight excluding hydrogens is 133 g/mol. The van der Waals surface area contributed by atoms with Crippen molar-refractivity contribution in [1.29, 1.82) is 0 Å². The van der Waals surface area contributed by atoms with Crippen LogP contribution in [0, 0.1) is 0 Å². The largest absolute Gasteiger partial charge is 2.00 e. The summed E-state index contributed by atoms with van der Waals surface area (Å²) < 4.78 is 0. The van der Waals surface area contributed by atoms with E-state index in [1.807, 2.05) is 0 Å². The first-order chi connectivity index (χ1) is 0. The molecule has 4 heteroatoms. The van der Waals surface area contributed by atoms with Crippen LogP contribution >= 0.6 is 0 Å². The molecule has 0 rings (SSSR count). The Morgan fingerprint density at radius 3 is 1.00 bits per heavy atom. The Labute approximate surface area is 77.0 Å². The maximum Gasteiger partial charge on any atom is 2.00 e. The van der Waals surface area contributed by atoms with Gasteiger partial charge in [0.1, 0.15) is 0 Å². The van der Waals surface area contributed by atoms with E-state index < -0.39 is 0 Å². The summed E-state index contributed by atoms with van der Waals surface area (Å²) >= 11 is 0. The number of rotatable bonds is 0. The van der Waals surface area contributed by atoms with Gasteiger partial charge in [0.05, 0.1) is 0 Å². The van der Waals surface area contributed by atoms with Gasteiger partial charge in [-0.2, -0.15) is 0 Å². The fraction of sp³-hybridized carbons (Fsp3) is 0. The smallest absolute Gasteiger partial charge is 1.00 e. The summed E-state index contributed by atoms with van der Waals surface area (Å²) in [6, 6.07) is 0. The van der Waals surface area contributed by atoms with E-state index in [0.29, 0.717) is 0 Å². The van der Waals surface area contributed by atoms with Crippen LogP contribution in [0.25, 0.3) is 0 Å². The molecule has 0 spiro atoms. The molecule has 0 nitrogen and oxygen atoms in total. The second kappa shape index (κ2) is 18.3. The van der Waals surface area contributed by atoms with Crippen LogP contribution in [0.2, 0.25) is 0 Å². The monoisotopic (exact) mass is 135 g/mol. The molecule has 0 atom stereocenters. The van der Waals surface area contributed by atoms with Gasteiger partial charge in [0.25, 0.3) is 0 Å². The molecule has 0 fully saturated rings. The van der Waals surface area contributed by atoms with Crippen LogP contribution in [0.3, 0.4) is 0 Å². The molecule has 0 aliphatic heterocycles. The second-order valence-electron chi connectivity index (χ2n) is 0. The van der Waals surface area contributed by atoms with Gasteiger partial charge in [-0.3, -0.25) is 0 Å². The third kappa shape index (κ3) is 8.84. The van der Waals surface area contributed by atoms with Crippen molar-refractivity contribution in [3.05, 3.63) is 0 Å². The fourth-order valence-electron chi connectivity index (χ4n) is 0. The van der Waals surface area contributed by atoms with Crippen LogP contribution in [0.15, 0.2) is 0 Å². The van der Waals surface area contributed by atoms with E-state index >= 15 is 0 Å². The summed E-state index contributed by atoms with van der Waals surface area (Å²) in [7, 11) is 0. The quantitative estimate of drug-likeness (QED) is 0.377. The average molecular weight is 135 g/mol. The van der Waals surface area contributed by atoms with Crippen molar-refractivity contribution in [1.82, 2.24) is 0 Å². The molecule has 0 unspecified atom stereocenters. The van der Waals surface area contributed by atoms with E-state index in [0.717, 1.165) is 0 Å². The molecule has 0 heterocycles. The minimum absolute atomic E-state index is 0. The first-order valence-electron chi connectivity index (χ1n) is 0. The topological polar surface area (TPSA) is 0 Å². The zero-order chi connectivity index (χ0) is 0. The van der Waals surface area contributed by atoms with Gasteiger partial charge in [0, 0.05) is 51.8 Å². The molecule has 0 bridgehead atoms. The predicted octanol–water partition coefficient (Wildman–Crippen LogP) is -0.920. The van der Waals surface area contributed by atoms with Crippen molar-refractivity contribution in [2.45, 2.75) is 0 Å². The van der Waals surface area contributed by atoms with E-state index in [-0.39, 0.29) is 77.7 Å². The molecule has 0 N–H and O–H groups in total. The zero-order valence-corrected chi connectivity index (χ0v) is 7.14. The van der Waals surface area contributed by atoms with Gasteiger partial charge in [-0.1, -0.05) is 0 Å². The number of hydrogen-bond donors (Lipinski definition) is 0. The predicted molar refractivity (Wildman–Crippen MR) is 19.5 cm³/mol. The Morgan fingerprint density at radius 2 is 1.00 bits per heavy atom. The summed E-state index contributed by atoms with van der Waals surface area (Å²) in [5.41, 5.74) is 0. The van der Waals surface area contributed by atoms with Crippen molar-refractivity contribution in [2.75, 3.05) is 0 Å². The number of hydrogen-bond acceptors (Lipinski definition) is 0. The zero-order valence-electron chi connectivity index (χ0n) is 4.24. The minimum Gasteiger partial charge on any atom is -1.00 e. The molecule has 7 radical (unpaired) electrons. The van der Waals surface area contributed by atoms with Gasteiger partial charge >= 0.3 is 23.1 Å². The van der Waals surface area contributed by atoms with Crippen molar-refractivity contribution in [3.63, 3.8) is 0 Å². The first-order valence-corrected chi connectivity index (χ1v) is 0. The summed E-state index contributed by atoms with van der Waals surface area (Å²) in [4.78, 5) is 0. The summed E-state index contributed by atoms with van der Waals surface area (Å²) in [6.45, 7) is 0. The Bertz CT molecular complexity index is 11.5. The maximum atomic E-state index is 0. The first kappa shape index (κ1) is 32.9. The minimum atomic E-state index is 0. The van der Waals surface area contributed by atoms with E-state index in [4.69, 9.17) is 0 Å². The summed E-state index contributed by atoms with van der Waals surface area (Å²) in [5, 5.41) is 0. The Morgan fingerprint density at radius 1 is 1.00 bits per heavy atom. The molecule has 0 aliphatic carbocycles. The van der Waals surface area contributed by atoms with Crippen LogP contribution in [-0.2, 0) is 17.1 Å². The summed E-state index contributed by atoms with van der Waals surface area (Å²) in [5.74, 6) is 0. The Hall–Kier alpha value is 2.35. The van der Waals surface area contributed by atoms with Crippen LogP contribution in [0.5, 0.6) is 0 Å². The molecule has 17 valence electrons. The van der Waals surface area contributed by atoms with E-state index in [1.54, 1.807) is 0 Å². The Kier molecular flexibility index (Phi) is 151. The van der Waals surface area contributed by atoms with Crippen molar-refractivity contribution in [2.24, 2.45) is 0 Å². The normalized spacial score (nSPS) is 0. The van der Waals surface area contributed by atoms with Gasteiger partial charge in [0.2, 0.25) is 0 Å². The van der Waals surface area contributed by atoms with E-state index in [2.05, 4.69) is 0 Å². The molecule has 0 aromatic carbocycles.